The monoisotopic (exact) mass is 311 g/mol. The summed E-state index contributed by atoms with van der Waals surface area (Å²) in [5, 5.41) is 9.90. The van der Waals surface area contributed by atoms with Gasteiger partial charge in [0.15, 0.2) is 0 Å². The second-order valence-corrected chi connectivity index (χ2v) is 8.57. The van der Waals surface area contributed by atoms with E-state index in [-0.39, 0.29) is 16.4 Å². The molecule has 0 amide bonds. The molecule has 2 rings (SSSR count). The summed E-state index contributed by atoms with van der Waals surface area (Å²) in [6.07, 6.45) is 2.69. The molecule has 2 atom stereocenters. The van der Waals surface area contributed by atoms with E-state index in [4.69, 9.17) is 0 Å². The molecule has 0 heterocycles. The first-order chi connectivity index (χ1) is 9.70. The third-order valence-electron chi connectivity index (χ3n) is 4.07. The van der Waals surface area contributed by atoms with Crippen molar-refractivity contribution >= 4 is 10.0 Å². The number of hydrogen-bond acceptors (Lipinski definition) is 3. The normalized spacial score (nSPS) is 24.0. The number of nitrogens with one attached hydrogen (secondary N) is 1. The molecular formula is C16H25NO3S. The molecule has 1 aromatic carbocycles. The van der Waals surface area contributed by atoms with Gasteiger partial charge in [-0.25, -0.2) is 13.1 Å². The third-order valence-corrected chi connectivity index (χ3v) is 5.57. The zero-order valence-electron chi connectivity index (χ0n) is 13.0. The predicted molar refractivity (Wildman–Crippen MR) is 83.7 cm³/mol. The minimum absolute atomic E-state index is 0.00468. The van der Waals surface area contributed by atoms with Crippen LogP contribution in [0.4, 0.5) is 0 Å². The molecule has 2 unspecified atom stereocenters. The van der Waals surface area contributed by atoms with Gasteiger partial charge in [-0.15, -0.1) is 0 Å². The maximum Gasteiger partial charge on any atom is 0.240 e. The largest absolute Gasteiger partial charge is 0.391 e. The van der Waals surface area contributed by atoms with E-state index in [2.05, 4.69) is 25.5 Å². The zero-order chi connectivity index (χ0) is 15.7. The highest BCUT2D eigenvalue weighted by atomic mass is 32.2. The molecule has 1 fully saturated rings. The van der Waals surface area contributed by atoms with Gasteiger partial charge in [0, 0.05) is 6.04 Å². The summed E-state index contributed by atoms with van der Waals surface area (Å²) in [4.78, 5) is 0.258. The summed E-state index contributed by atoms with van der Waals surface area (Å²) < 4.78 is 27.4. The van der Waals surface area contributed by atoms with Gasteiger partial charge < -0.3 is 5.11 Å². The molecule has 118 valence electrons. The molecule has 21 heavy (non-hydrogen) atoms. The lowest BCUT2D eigenvalue weighted by Crippen LogP contribution is -2.44. The summed E-state index contributed by atoms with van der Waals surface area (Å²) in [5.74, 6) is 0. The molecule has 1 aliphatic rings. The van der Waals surface area contributed by atoms with Gasteiger partial charge in [-0.05, 0) is 36.0 Å². The van der Waals surface area contributed by atoms with Gasteiger partial charge in [-0.2, -0.15) is 0 Å². The molecular weight excluding hydrogens is 286 g/mol. The van der Waals surface area contributed by atoms with Gasteiger partial charge in [-0.1, -0.05) is 45.7 Å². The van der Waals surface area contributed by atoms with Gasteiger partial charge in [0.2, 0.25) is 10.0 Å². The highest BCUT2D eigenvalue weighted by Gasteiger charge is 2.28. The van der Waals surface area contributed by atoms with E-state index in [1.54, 1.807) is 12.1 Å². The van der Waals surface area contributed by atoms with Crippen molar-refractivity contribution in [3.05, 3.63) is 29.8 Å². The number of aliphatic hydroxyl groups excluding tert-OH is 1. The van der Waals surface area contributed by atoms with Crippen molar-refractivity contribution in [2.24, 2.45) is 0 Å². The van der Waals surface area contributed by atoms with Crippen LogP contribution in [0.3, 0.4) is 0 Å². The fourth-order valence-electron chi connectivity index (χ4n) is 2.65. The Kier molecular flexibility index (Phi) is 4.76. The van der Waals surface area contributed by atoms with Crippen molar-refractivity contribution < 1.29 is 13.5 Å². The molecule has 0 spiro atoms. The summed E-state index contributed by atoms with van der Waals surface area (Å²) in [6.45, 7) is 6.27. The molecule has 1 saturated carbocycles. The van der Waals surface area contributed by atoms with Crippen molar-refractivity contribution in [2.45, 2.75) is 68.9 Å². The van der Waals surface area contributed by atoms with E-state index in [0.717, 1.165) is 18.4 Å². The SMILES string of the molecule is CC(C)(C)c1ccc(S(=O)(=O)NC2CCCCC2O)cc1. The molecule has 0 aliphatic heterocycles. The van der Waals surface area contributed by atoms with Crippen molar-refractivity contribution in [2.75, 3.05) is 0 Å². The van der Waals surface area contributed by atoms with Crippen LogP contribution in [-0.4, -0.2) is 25.7 Å². The van der Waals surface area contributed by atoms with Gasteiger partial charge >= 0.3 is 0 Å². The fraction of sp³-hybridized carbons (Fsp3) is 0.625. The standard InChI is InChI=1S/C16H25NO3S/c1-16(2,3)12-8-10-13(11-9-12)21(19,20)17-14-6-4-5-7-15(14)18/h8-11,14-15,17-18H,4-7H2,1-3H3. The summed E-state index contributed by atoms with van der Waals surface area (Å²) >= 11 is 0. The average molecular weight is 311 g/mol. The number of hydrogen-bond donors (Lipinski definition) is 2. The van der Waals surface area contributed by atoms with Crippen LogP contribution in [0.25, 0.3) is 0 Å². The Morgan fingerprint density at radius 2 is 1.67 bits per heavy atom. The van der Waals surface area contributed by atoms with Crippen LogP contribution in [-0.2, 0) is 15.4 Å². The van der Waals surface area contributed by atoms with Crippen molar-refractivity contribution in [1.29, 1.82) is 0 Å². The van der Waals surface area contributed by atoms with Gasteiger partial charge in [-0.3, -0.25) is 0 Å². The Labute approximate surface area is 127 Å². The Balaban J connectivity index is 2.16. The number of sulfonamides is 1. The summed E-state index contributed by atoms with van der Waals surface area (Å²) in [7, 11) is -3.57. The van der Waals surface area contributed by atoms with E-state index in [0.29, 0.717) is 12.8 Å². The molecule has 4 nitrogen and oxygen atoms in total. The summed E-state index contributed by atoms with van der Waals surface area (Å²) in [5.41, 5.74) is 1.09. The molecule has 0 aromatic heterocycles. The highest BCUT2D eigenvalue weighted by molar-refractivity contribution is 7.89. The van der Waals surface area contributed by atoms with Crippen LogP contribution in [0.1, 0.15) is 52.0 Å². The van der Waals surface area contributed by atoms with Crippen LogP contribution in [0.5, 0.6) is 0 Å². The fourth-order valence-corrected chi connectivity index (χ4v) is 3.95. The van der Waals surface area contributed by atoms with E-state index in [1.165, 1.54) is 0 Å². The second-order valence-electron chi connectivity index (χ2n) is 6.85. The first-order valence-corrected chi connectivity index (χ1v) is 8.99. The van der Waals surface area contributed by atoms with Crippen molar-refractivity contribution in [3.8, 4) is 0 Å². The van der Waals surface area contributed by atoms with Crippen LogP contribution in [0, 0.1) is 0 Å². The minimum atomic E-state index is -3.57. The number of benzene rings is 1. The molecule has 5 heteroatoms. The first-order valence-electron chi connectivity index (χ1n) is 7.51. The van der Waals surface area contributed by atoms with E-state index in [9.17, 15) is 13.5 Å². The van der Waals surface area contributed by atoms with Crippen LogP contribution >= 0.6 is 0 Å². The minimum Gasteiger partial charge on any atom is -0.391 e. The third kappa shape index (κ3) is 4.05. The maximum atomic E-state index is 12.4. The average Bonchev–Trinajstić information content (AvgIpc) is 2.40. The second kappa shape index (κ2) is 6.07. The Morgan fingerprint density at radius 1 is 1.10 bits per heavy atom. The van der Waals surface area contributed by atoms with E-state index >= 15 is 0 Å². The van der Waals surface area contributed by atoms with Crippen LogP contribution in [0.15, 0.2) is 29.2 Å². The topological polar surface area (TPSA) is 66.4 Å². The van der Waals surface area contributed by atoms with Crippen molar-refractivity contribution in [3.63, 3.8) is 0 Å². The van der Waals surface area contributed by atoms with Crippen LogP contribution < -0.4 is 4.72 Å². The smallest absolute Gasteiger partial charge is 0.240 e. The zero-order valence-corrected chi connectivity index (χ0v) is 13.8. The molecule has 1 aliphatic carbocycles. The lowest BCUT2D eigenvalue weighted by molar-refractivity contribution is 0.101. The quantitative estimate of drug-likeness (QED) is 0.901. The highest BCUT2D eigenvalue weighted by Crippen LogP contribution is 2.24. The lowest BCUT2D eigenvalue weighted by atomic mass is 9.87. The van der Waals surface area contributed by atoms with Crippen LogP contribution in [0.2, 0.25) is 0 Å². The van der Waals surface area contributed by atoms with Crippen molar-refractivity contribution in [1.82, 2.24) is 4.72 Å². The maximum absolute atomic E-state index is 12.4. The Hall–Kier alpha value is -0.910. The predicted octanol–water partition coefficient (Wildman–Crippen LogP) is 2.57. The number of aliphatic hydroxyl groups is 1. The molecule has 0 bridgehead atoms. The molecule has 0 saturated heterocycles. The molecule has 2 N–H and O–H groups in total. The van der Waals surface area contributed by atoms with E-state index < -0.39 is 16.1 Å². The van der Waals surface area contributed by atoms with Gasteiger partial charge in [0.05, 0.1) is 11.0 Å². The van der Waals surface area contributed by atoms with E-state index in [1.807, 2.05) is 12.1 Å². The Morgan fingerprint density at radius 3 is 2.19 bits per heavy atom. The summed E-state index contributed by atoms with van der Waals surface area (Å²) in [6, 6.07) is 6.61. The van der Waals surface area contributed by atoms with Gasteiger partial charge in [0.1, 0.15) is 0 Å². The molecule has 0 radical (unpaired) electrons. The Bertz CT molecular complexity index is 573. The molecule has 1 aromatic rings. The van der Waals surface area contributed by atoms with Gasteiger partial charge in [0.25, 0.3) is 0 Å². The number of rotatable bonds is 3. The first kappa shape index (κ1) is 16.5. The lowest BCUT2D eigenvalue weighted by Gasteiger charge is -2.28.